The van der Waals surface area contributed by atoms with E-state index < -0.39 is 0 Å². The van der Waals surface area contributed by atoms with E-state index in [0.717, 1.165) is 41.4 Å². The molecule has 4 fully saturated rings. The van der Waals surface area contributed by atoms with Crippen molar-refractivity contribution in [2.45, 2.75) is 97.8 Å². The summed E-state index contributed by atoms with van der Waals surface area (Å²) in [4.78, 5) is 0. The predicted octanol–water partition coefficient (Wildman–Crippen LogP) is 7.08. The largest absolute Gasteiger partial charge is 0.0619 e. The minimum absolute atomic E-state index is 0.603. The lowest BCUT2D eigenvalue weighted by atomic mass is 9.55. The van der Waals surface area contributed by atoms with Crippen LogP contribution in [0.2, 0.25) is 0 Å². The van der Waals surface area contributed by atoms with Crippen LogP contribution >= 0.6 is 0 Å². The van der Waals surface area contributed by atoms with Gasteiger partial charge in [0.25, 0.3) is 0 Å². The van der Waals surface area contributed by atoms with Crippen molar-refractivity contribution in [3.05, 3.63) is 0 Å². The van der Waals surface area contributed by atoms with Gasteiger partial charge < -0.3 is 0 Å². The molecular formula is C23H40. The summed E-state index contributed by atoms with van der Waals surface area (Å²) in [7, 11) is 0. The van der Waals surface area contributed by atoms with Crippen LogP contribution in [0.25, 0.3) is 0 Å². The van der Waals surface area contributed by atoms with E-state index in [1.165, 1.54) is 51.4 Å². The molecule has 4 rings (SSSR count). The van der Waals surface area contributed by atoms with Crippen LogP contribution in [0.4, 0.5) is 0 Å². The molecule has 23 heavy (non-hydrogen) atoms. The molecular weight excluding hydrogens is 276 g/mol. The average molecular weight is 317 g/mol. The molecule has 0 heteroatoms. The highest BCUT2D eigenvalue weighted by Gasteiger charge is 2.55. The molecule has 0 spiro atoms. The second kappa shape index (κ2) is 6.38. The van der Waals surface area contributed by atoms with Crippen molar-refractivity contribution in [1.82, 2.24) is 0 Å². The molecule has 0 heterocycles. The Bertz CT molecular complexity index is 402. The zero-order valence-electron chi connectivity index (χ0n) is 16.0. The second-order valence-electron chi connectivity index (χ2n) is 10.4. The standard InChI is InChI=1S/C23H40/c1-16-18-12-7-8-13-19(18)20-14-9-15-21(22(16)20)23(2,3)17-10-5-4-6-11-17/h16-22H,4-15H2,1-3H3. The fraction of sp³-hybridized carbons (Fsp3) is 1.00. The summed E-state index contributed by atoms with van der Waals surface area (Å²) in [5.41, 5.74) is 0.603. The topological polar surface area (TPSA) is 0 Å². The molecule has 0 saturated heterocycles. The summed E-state index contributed by atoms with van der Waals surface area (Å²) in [5, 5.41) is 0. The summed E-state index contributed by atoms with van der Waals surface area (Å²) < 4.78 is 0. The van der Waals surface area contributed by atoms with Gasteiger partial charge in [0.1, 0.15) is 0 Å². The Morgan fingerprint density at radius 3 is 1.96 bits per heavy atom. The lowest BCUT2D eigenvalue weighted by molar-refractivity contribution is -0.0132. The maximum Gasteiger partial charge on any atom is -0.0295 e. The molecule has 6 atom stereocenters. The fourth-order valence-electron chi connectivity index (χ4n) is 8.19. The van der Waals surface area contributed by atoms with E-state index in [9.17, 15) is 0 Å². The highest BCUT2D eigenvalue weighted by atomic mass is 14.6. The van der Waals surface area contributed by atoms with Gasteiger partial charge in [0.05, 0.1) is 0 Å². The zero-order valence-corrected chi connectivity index (χ0v) is 16.0. The van der Waals surface area contributed by atoms with E-state index in [4.69, 9.17) is 0 Å². The second-order valence-corrected chi connectivity index (χ2v) is 10.4. The Balaban J connectivity index is 1.58. The van der Waals surface area contributed by atoms with Crippen molar-refractivity contribution < 1.29 is 0 Å². The van der Waals surface area contributed by atoms with Crippen molar-refractivity contribution in [3.63, 3.8) is 0 Å². The molecule has 0 bridgehead atoms. The van der Waals surface area contributed by atoms with E-state index in [0.29, 0.717) is 5.41 Å². The van der Waals surface area contributed by atoms with Crippen LogP contribution < -0.4 is 0 Å². The van der Waals surface area contributed by atoms with Crippen molar-refractivity contribution in [2.75, 3.05) is 0 Å². The van der Waals surface area contributed by atoms with Gasteiger partial charge in [-0.05, 0) is 85.4 Å². The van der Waals surface area contributed by atoms with Crippen LogP contribution in [0.5, 0.6) is 0 Å². The van der Waals surface area contributed by atoms with Crippen LogP contribution in [-0.2, 0) is 0 Å². The van der Waals surface area contributed by atoms with Crippen molar-refractivity contribution in [1.29, 1.82) is 0 Å². The van der Waals surface area contributed by atoms with Crippen LogP contribution in [0.15, 0.2) is 0 Å². The first-order valence-electron chi connectivity index (χ1n) is 11.1. The van der Waals surface area contributed by atoms with Gasteiger partial charge in [0.15, 0.2) is 0 Å². The third kappa shape index (κ3) is 2.71. The van der Waals surface area contributed by atoms with Crippen LogP contribution in [-0.4, -0.2) is 0 Å². The summed E-state index contributed by atoms with van der Waals surface area (Å²) in [6.45, 7) is 8.04. The molecule has 0 radical (unpaired) electrons. The minimum atomic E-state index is 0.603. The Morgan fingerprint density at radius 1 is 0.609 bits per heavy atom. The van der Waals surface area contributed by atoms with Gasteiger partial charge in [0, 0.05) is 0 Å². The molecule has 4 aliphatic carbocycles. The Morgan fingerprint density at radius 2 is 1.22 bits per heavy atom. The van der Waals surface area contributed by atoms with Gasteiger partial charge in [-0.25, -0.2) is 0 Å². The Labute approximate surface area is 145 Å². The number of hydrogen-bond donors (Lipinski definition) is 0. The smallest absolute Gasteiger partial charge is 0.0295 e. The molecule has 0 aromatic carbocycles. The van der Waals surface area contributed by atoms with Crippen LogP contribution in [0.3, 0.4) is 0 Å². The highest BCUT2D eigenvalue weighted by molar-refractivity contribution is 5.04. The number of hydrogen-bond acceptors (Lipinski definition) is 0. The molecule has 4 aliphatic rings. The Kier molecular flexibility index (Phi) is 4.57. The molecule has 0 nitrogen and oxygen atoms in total. The van der Waals surface area contributed by atoms with Gasteiger partial charge in [-0.2, -0.15) is 0 Å². The van der Waals surface area contributed by atoms with E-state index in [2.05, 4.69) is 20.8 Å². The summed E-state index contributed by atoms with van der Waals surface area (Å²) >= 11 is 0. The normalized spacial score (nSPS) is 45.5. The average Bonchev–Trinajstić information content (AvgIpc) is 2.89. The molecule has 0 amide bonds. The van der Waals surface area contributed by atoms with Gasteiger partial charge in [-0.3, -0.25) is 0 Å². The molecule has 0 aromatic heterocycles. The first-order valence-corrected chi connectivity index (χ1v) is 11.1. The quantitative estimate of drug-likeness (QED) is 0.510. The van der Waals surface area contributed by atoms with E-state index in [1.807, 2.05) is 0 Å². The summed E-state index contributed by atoms with van der Waals surface area (Å²) in [5.74, 6) is 7.49. The summed E-state index contributed by atoms with van der Waals surface area (Å²) in [6, 6.07) is 0. The third-order valence-corrected chi connectivity index (χ3v) is 9.33. The maximum atomic E-state index is 2.69. The third-order valence-electron chi connectivity index (χ3n) is 9.33. The van der Waals surface area contributed by atoms with E-state index >= 15 is 0 Å². The van der Waals surface area contributed by atoms with E-state index in [1.54, 1.807) is 25.7 Å². The number of fused-ring (bicyclic) bond motifs is 3. The molecule has 6 unspecified atom stereocenters. The SMILES string of the molecule is CC1C2CCCCC2C2CCCC(C(C)(C)C3CCCCC3)C12. The van der Waals surface area contributed by atoms with Crippen molar-refractivity contribution in [2.24, 2.45) is 46.8 Å². The summed E-state index contributed by atoms with van der Waals surface area (Å²) in [6.07, 6.45) is 18.5. The van der Waals surface area contributed by atoms with Gasteiger partial charge in [0.2, 0.25) is 0 Å². The van der Waals surface area contributed by atoms with Crippen molar-refractivity contribution in [3.8, 4) is 0 Å². The maximum absolute atomic E-state index is 2.69. The van der Waals surface area contributed by atoms with E-state index in [-0.39, 0.29) is 0 Å². The first-order chi connectivity index (χ1) is 11.1. The zero-order chi connectivity index (χ0) is 16.0. The van der Waals surface area contributed by atoms with Gasteiger partial charge >= 0.3 is 0 Å². The fourth-order valence-corrected chi connectivity index (χ4v) is 8.19. The predicted molar refractivity (Wildman–Crippen MR) is 99.3 cm³/mol. The highest BCUT2D eigenvalue weighted by Crippen LogP contribution is 2.63. The minimum Gasteiger partial charge on any atom is -0.0619 e. The van der Waals surface area contributed by atoms with Crippen LogP contribution in [0, 0.1) is 46.8 Å². The molecule has 132 valence electrons. The van der Waals surface area contributed by atoms with Crippen molar-refractivity contribution >= 4 is 0 Å². The Hall–Kier alpha value is 0. The van der Waals surface area contributed by atoms with Gasteiger partial charge in [-0.1, -0.05) is 59.3 Å². The molecule has 4 saturated carbocycles. The molecule has 0 aromatic rings. The van der Waals surface area contributed by atoms with Crippen LogP contribution in [0.1, 0.15) is 97.8 Å². The molecule has 0 N–H and O–H groups in total. The first kappa shape index (κ1) is 16.5. The number of rotatable bonds is 2. The monoisotopic (exact) mass is 316 g/mol. The lowest BCUT2D eigenvalue weighted by Gasteiger charge is -2.50. The van der Waals surface area contributed by atoms with Gasteiger partial charge in [-0.15, -0.1) is 0 Å². The molecule has 0 aliphatic heterocycles. The lowest BCUT2D eigenvalue weighted by Crippen LogP contribution is -2.43.